The largest absolute Gasteiger partial charge is 2.00 e. The fourth-order valence-electron chi connectivity index (χ4n) is 0.0577. The molecule has 0 amide bonds. The van der Waals surface area contributed by atoms with Gasteiger partial charge in [-0.2, -0.15) is 0 Å². The molecule has 0 aliphatic rings. The van der Waals surface area contributed by atoms with Gasteiger partial charge in [0, 0.05) is 0 Å². The molecule has 0 aromatic heterocycles. The van der Waals surface area contributed by atoms with Crippen molar-refractivity contribution >= 4 is 23.1 Å². The van der Waals surface area contributed by atoms with Crippen LogP contribution in [0.15, 0.2) is 0 Å². The first-order valence-corrected chi connectivity index (χ1v) is 1.71. The molecule has 0 saturated carbocycles. The molecular weight excluding hydrogens is 131 g/mol. The number of aliphatic hydroxyl groups is 3. The number of rotatable bonds is 2. The first-order chi connectivity index (χ1) is 2.81. The summed E-state index contributed by atoms with van der Waals surface area (Å²) in [6.07, 6.45) is -0.954. The van der Waals surface area contributed by atoms with Crippen LogP contribution in [0.2, 0.25) is 0 Å². The van der Waals surface area contributed by atoms with E-state index in [2.05, 4.69) is 0 Å². The predicted octanol–water partition coefficient (Wildman–Crippen LogP) is -5.04. The van der Waals surface area contributed by atoms with Crippen LogP contribution in [0.5, 0.6) is 0 Å². The van der Waals surface area contributed by atoms with Crippen molar-refractivity contribution in [1.82, 2.24) is 0 Å². The Bertz CT molecular complexity index is 33.7. The second-order valence-electron chi connectivity index (χ2n) is 1.02. The summed E-state index contributed by atoms with van der Waals surface area (Å²) in [5.74, 6) is 0. The molecule has 0 fully saturated rings. The van der Waals surface area contributed by atoms with Gasteiger partial charge in [-0.25, -0.2) is 0 Å². The van der Waals surface area contributed by atoms with Gasteiger partial charge < -0.3 is 15.3 Å². The normalized spacial score (nSPS) is 7.50. The van der Waals surface area contributed by atoms with E-state index in [1.165, 1.54) is 0 Å². The summed E-state index contributed by atoms with van der Waals surface area (Å²) >= 11 is 0. The first-order valence-electron chi connectivity index (χ1n) is 1.71. The third kappa shape index (κ3) is 10.6. The van der Waals surface area contributed by atoms with Gasteiger partial charge in [0.1, 0.15) is 6.10 Å². The zero-order chi connectivity index (χ0) is 4.99. The van der Waals surface area contributed by atoms with Gasteiger partial charge in [0.15, 0.2) is 0 Å². The van der Waals surface area contributed by atoms with E-state index in [0.29, 0.717) is 0 Å². The van der Waals surface area contributed by atoms with Crippen molar-refractivity contribution in [3.63, 3.8) is 0 Å². The Morgan fingerprint density at radius 3 is 1.38 bits per heavy atom. The molecule has 0 aliphatic heterocycles. The van der Waals surface area contributed by atoms with E-state index >= 15 is 0 Å². The average molecular weight is 139 g/mol. The standard InChI is InChI=1S/C3H8O3.Mg.Na/c4-1-3(6)2-5;;/h3-6H,1-2H2;;/q;+2;+1. The summed E-state index contributed by atoms with van der Waals surface area (Å²) in [5, 5.41) is 24.0. The molecule has 0 aliphatic carbocycles. The Balaban J connectivity index is -0.000000125. The van der Waals surface area contributed by atoms with Crippen LogP contribution < -0.4 is 29.6 Å². The van der Waals surface area contributed by atoms with Crippen molar-refractivity contribution in [2.24, 2.45) is 0 Å². The monoisotopic (exact) mass is 139 g/mol. The molecule has 0 spiro atoms. The fraction of sp³-hybridized carbons (Fsp3) is 1.00. The maximum atomic E-state index is 8.17. The van der Waals surface area contributed by atoms with Crippen LogP contribution in [0, 0.1) is 0 Å². The van der Waals surface area contributed by atoms with Crippen LogP contribution in [0.3, 0.4) is 0 Å². The molecule has 0 atom stereocenters. The van der Waals surface area contributed by atoms with Gasteiger partial charge >= 0.3 is 52.6 Å². The van der Waals surface area contributed by atoms with Crippen LogP contribution in [-0.2, 0) is 0 Å². The zero-order valence-corrected chi connectivity index (χ0v) is 8.45. The van der Waals surface area contributed by atoms with Crippen LogP contribution in [0.25, 0.3) is 0 Å². The molecule has 0 bridgehead atoms. The minimum Gasteiger partial charge on any atom is -0.394 e. The number of hydrogen-bond donors (Lipinski definition) is 3. The molecule has 0 radical (unpaired) electrons. The first kappa shape index (κ1) is 16.3. The van der Waals surface area contributed by atoms with Crippen molar-refractivity contribution in [2.45, 2.75) is 6.10 Å². The van der Waals surface area contributed by atoms with Crippen molar-refractivity contribution in [3.05, 3.63) is 0 Å². The minimum absolute atomic E-state index is 0. The van der Waals surface area contributed by atoms with E-state index < -0.39 is 6.10 Å². The Hall–Kier alpha value is 1.65. The second-order valence-corrected chi connectivity index (χ2v) is 1.02. The van der Waals surface area contributed by atoms with Crippen molar-refractivity contribution in [1.29, 1.82) is 0 Å². The van der Waals surface area contributed by atoms with Gasteiger partial charge in [0.25, 0.3) is 0 Å². The Morgan fingerprint density at radius 1 is 1.12 bits per heavy atom. The van der Waals surface area contributed by atoms with Gasteiger partial charge in [-0.3, -0.25) is 0 Å². The number of hydrogen-bond acceptors (Lipinski definition) is 3. The molecule has 0 unspecified atom stereocenters. The van der Waals surface area contributed by atoms with Crippen LogP contribution in [0.4, 0.5) is 0 Å². The summed E-state index contributed by atoms with van der Waals surface area (Å²) in [6, 6.07) is 0. The molecule has 0 aromatic rings. The van der Waals surface area contributed by atoms with Gasteiger partial charge in [0.2, 0.25) is 0 Å². The van der Waals surface area contributed by atoms with E-state index in [9.17, 15) is 0 Å². The SMILES string of the molecule is OCC(O)CO.[Mg+2].[Na+]. The molecule has 0 saturated heterocycles. The molecule has 0 rings (SSSR count). The maximum absolute atomic E-state index is 8.17. The summed E-state index contributed by atoms with van der Waals surface area (Å²) < 4.78 is 0. The summed E-state index contributed by atoms with van der Waals surface area (Å²) in [7, 11) is 0. The van der Waals surface area contributed by atoms with Gasteiger partial charge in [0.05, 0.1) is 13.2 Å². The predicted molar refractivity (Wildman–Crippen MR) is 25.9 cm³/mol. The molecule has 3 N–H and O–H groups in total. The smallest absolute Gasteiger partial charge is 0.394 e. The molecule has 5 heteroatoms. The summed E-state index contributed by atoms with van der Waals surface area (Å²) in [4.78, 5) is 0. The van der Waals surface area contributed by atoms with Crippen LogP contribution in [0.1, 0.15) is 0 Å². The Labute approximate surface area is 86.5 Å². The Morgan fingerprint density at radius 2 is 1.38 bits per heavy atom. The third-order valence-electron chi connectivity index (χ3n) is 0.421. The van der Waals surface area contributed by atoms with Gasteiger partial charge in [-0.1, -0.05) is 0 Å². The van der Waals surface area contributed by atoms with Crippen molar-refractivity contribution in [3.8, 4) is 0 Å². The van der Waals surface area contributed by atoms with E-state index in [-0.39, 0.29) is 65.8 Å². The Kier molecular flexibility index (Phi) is 23.4. The van der Waals surface area contributed by atoms with E-state index in [0.717, 1.165) is 0 Å². The molecule has 38 valence electrons. The molecule has 3 nitrogen and oxygen atoms in total. The van der Waals surface area contributed by atoms with Crippen LogP contribution in [-0.4, -0.2) is 57.7 Å². The molecule has 0 heterocycles. The van der Waals surface area contributed by atoms with Crippen molar-refractivity contribution < 1.29 is 44.9 Å². The number of aliphatic hydroxyl groups excluding tert-OH is 3. The maximum Gasteiger partial charge on any atom is 2.00 e. The summed E-state index contributed by atoms with van der Waals surface area (Å²) in [5.41, 5.74) is 0. The fourth-order valence-corrected chi connectivity index (χ4v) is 0.0577. The minimum atomic E-state index is -0.954. The summed E-state index contributed by atoms with van der Waals surface area (Å²) in [6.45, 7) is -0.729. The van der Waals surface area contributed by atoms with Crippen LogP contribution >= 0.6 is 0 Å². The zero-order valence-electron chi connectivity index (χ0n) is 5.04. The molecule has 0 aromatic carbocycles. The average Bonchev–Trinajstić information content (AvgIpc) is 1.65. The molecule has 8 heavy (non-hydrogen) atoms. The topological polar surface area (TPSA) is 60.7 Å². The third-order valence-corrected chi connectivity index (χ3v) is 0.421. The van der Waals surface area contributed by atoms with Gasteiger partial charge in [-0.05, 0) is 0 Å². The van der Waals surface area contributed by atoms with E-state index in [1.807, 2.05) is 0 Å². The quantitative estimate of drug-likeness (QED) is 0.336. The van der Waals surface area contributed by atoms with E-state index in [1.54, 1.807) is 0 Å². The van der Waals surface area contributed by atoms with E-state index in [4.69, 9.17) is 15.3 Å². The second kappa shape index (κ2) is 11.4. The van der Waals surface area contributed by atoms with Crippen molar-refractivity contribution in [2.75, 3.05) is 13.2 Å². The molecular formula is C3H8MgNaO3+3. The van der Waals surface area contributed by atoms with Gasteiger partial charge in [-0.15, -0.1) is 0 Å².